The maximum atomic E-state index is 6.73. The molecule has 0 unspecified atom stereocenters. The zero-order valence-electron chi connectivity index (χ0n) is 23.2. The summed E-state index contributed by atoms with van der Waals surface area (Å²) in [4.78, 5) is 14.7. The predicted octanol–water partition coefficient (Wildman–Crippen LogP) is 9.98. The molecular weight excluding hydrogens is 526 g/mol. The maximum Gasteiger partial charge on any atom is 0.164 e. The molecular formula is C39H25N3O. The molecule has 1 aliphatic rings. The third kappa shape index (κ3) is 4.55. The van der Waals surface area contributed by atoms with E-state index in [4.69, 9.17) is 19.7 Å². The molecule has 202 valence electrons. The molecule has 4 heteroatoms. The molecule has 0 fully saturated rings. The fourth-order valence-electron chi connectivity index (χ4n) is 5.69. The molecule has 7 aromatic rings. The van der Waals surface area contributed by atoms with Crippen LogP contribution in [-0.4, -0.2) is 15.0 Å². The minimum Gasteiger partial charge on any atom is -0.455 e. The van der Waals surface area contributed by atoms with Crippen LogP contribution < -0.4 is 4.74 Å². The van der Waals surface area contributed by atoms with Crippen molar-refractivity contribution in [3.63, 3.8) is 0 Å². The highest BCUT2D eigenvalue weighted by molar-refractivity contribution is 5.94. The molecule has 8 rings (SSSR count). The summed E-state index contributed by atoms with van der Waals surface area (Å²) in [6.07, 6.45) is 0. The fourth-order valence-corrected chi connectivity index (χ4v) is 5.69. The van der Waals surface area contributed by atoms with Crippen LogP contribution in [0.15, 0.2) is 152 Å². The van der Waals surface area contributed by atoms with Crippen molar-refractivity contribution in [3.05, 3.63) is 152 Å². The quantitative estimate of drug-likeness (QED) is 0.218. The number of fused-ring (bicyclic) bond motifs is 5. The Morgan fingerprint density at radius 2 is 0.767 bits per heavy atom. The van der Waals surface area contributed by atoms with Gasteiger partial charge in [-0.1, -0.05) is 140 Å². The Hall–Kier alpha value is -5.87. The fraction of sp³-hybridized carbons (Fsp3) is 0. The van der Waals surface area contributed by atoms with Crippen molar-refractivity contribution < 1.29 is 4.74 Å². The lowest BCUT2D eigenvalue weighted by atomic mass is 9.92. The van der Waals surface area contributed by atoms with Crippen molar-refractivity contribution in [2.75, 3.05) is 0 Å². The van der Waals surface area contributed by atoms with Crippen molar-refractivity contribution in [3.8, 4) is 79.0 Å². The van der Waals surface area contributed by atoms with Crippen LogP contribution in [0.2, 0.25) is 0 Å². The van der Waals surface area contributed by atoms with E-state index in [9.17, 15) is 0 Å². The number of aromatic nitrogens is 3. The molecule has 1 aromatic heterocycles. The van der Waals surface area contributed by atoms with Gasteiger partial charge in [-0.15, -0.1) is 0 Å². The Morgan fingerprint density at radius 1 is 0.326 bits per heavy atom. The van der Waals surface area contributed by atoms with Gasteiger partial charge in [0, 0.05) is 33.4 Å². The summed E-state index contributed by atoms with van der Waals surface area (Å²) >= 11 is 0. The van der Waals surface area contributed by atoms with Gasteiger partial charge in [-0.25, -0.2) is 15.0 Å². The van der Waals surface area contributed by atoms with E-state index in [2.05, 4.69) is 78.9 Å². The molecule has 0 spiro atoms. The summed E-state index contributed by atoms with van der Waals surface area (Å²) in [5.41, 5.74) is 9.28. The molecule has 0 saturated heterocycles. The molecule has 0 amide bonds. The predicted molar refractivity (Wildman–Crippen MR) is 173 cm³/mol. The van der Waals surface area contributed by atoms with Gasteiger partial charge in [-0.05, 0) is 28.8 Å². The zero-order valence-corrected chi connectivity index (χ0v) is 23.2. The maximum absolute atomic E-state index is 6.73. The smallest absolute Gasteiger partial charge is 0.164 e. The minimum atomic E-state index is 0.619. The van der Waals surface area contributed by atoms with Gasteiger partial charge in [0.1, 0.15) is 11.5 Å². The topological polar surface area (TPSA) is 47.9 Å². The molecule has 1 aliphatic heterocycles. The average molecular weight is 552 g/mol. The molecule has 4 nitrogen and oxygen atoms in total. The minimum absolute atomic E-state index is 0.619. The summed E-state index contributed by atoms with van der Waals surface area (Å²) in [6, 6.07) is 51.5. The van der Waals surface area contributed by atoms with E-state index in [1.807, 2.05) is 72.8 Å². The normalized spacial score (nSPS) is 11.4. The second-order valence-corrected chi connectivity index (χ2v) is 10.4. The van der Waals surface area contributed by atoms with Gasteiger partial charge in [0.25, 0.3) is 0 Å². The Kier molecular flexibility index (Phi) is 6.08. The molecule has 0 atom stereocenters. The highest BCUT2D eigenvalue weighted by Gasteiger charge is 2.23. The van der Waals surface area contributed by atoms with E-state index >= 15 is 0 Å². The molecule has 0 saturated carbocycles. The average Bonchev–Trinajstić information content (AvgIpc) is 3.23. The lowest BCUT2D eigenvalue weighted by molar-refractivity contribution is 0.489. The number of rotatable bonds is 4. The standard InChI is InChI=1S/C39H25N3O/c1-3-13-26(14-4-1)37-40-38(27-15-5-2-6-16-27)42-39(41-37)29-18-11-17-28(25-29)30-22-12-23-34-32-20-8-7-19-31(32)33-21-9-10-24-35(33)43-36(30)34/h1-25H. The van der Waals surface area contributed by atoms with Gasteiger partial charge in [0.05, 0.1) is 0 Å². The van der Waals surface area contributed by atoms with E-state index in [0.717, 1.165) is 61.6 Å². The molecule has 0 bridgehead atoms. The van der Waals surface area contributed by atoms with Crippen molar-refractivity contribution in [2.45, 2.75) is 0 Å². The van der Waals surface area contributed by atoms with Crippen LogP contribution in [-0.2, 0) is 0 Å². The van der Waals surface area contributed by atoms with E-state index < -0.39 is 0 Å². The highest BCUT2D eigenvalue weighted by atomic mass is 16.5. The molecule has 0 radical (unpaired) electrons. The summed E-state index contributed by atoms with van der Waals surface area (Å²) in [7, 11) is 0. The van der Waals surface area contributed by atoms with Crippen LogP contribution in [0.1, 0.15) is 0 Å². The third-order valence-electron chi connectivity index (χ3n) is 7.75. The Morgan fingerprint density at radius 3 is 1.44 bits per heavy atom. The van der Waals surface area contributed by atoms with Crippen LogP contribution in [0.3, 0.4) is 0 Å². The number of para-hydroxylation sites is 2. The van der Waals surface area contributed by atoms with Gasteiger partial charge in [0.2, 0.25) is 0 Å². The Labute approximate surface area is 250 Å². The number of hydrogen-bond acceptors (Lipinski definition) is 4. The van der Waals surface area contributed by atoms with Crippen LogP contribution in [0, 0.1) is 0 Å². The zero-order chi connectivity index (χ0) is 28.6. The molecule has 0 N–H and O–H groups in total. The first-order valence-electron chi connectivity index (χ1n) is 14.3. The number of ether oxygens (including phenoxy) is 1. The highest BCUT2D eigenvalue weighted by Crippen LogP contribution is 2.50. The van der Waals surface area contributed by atoms with Gasteiger partial charge >= 0.3 is 0 Å². The monoisotopic (exact) mass is 551 g/mol. The van der Waals surface area contributed by atoms with Gasteiger partial charge in [-0.2, -0.15) is 0 Å². The van der Waals surface area contributed by atoms with E-state index in [-0.39, 0.29) is 0 Å². The number of nitrogens with zero attached hydrogens (tertiary/aromatic N) is 3. The molecule has 2 heterocycles. The molecule has 6 aromatic carbocycles. The van der Waals surface area contributed by atoms with Crippen molar-refractivity contribution in [1.82, 2.24) is 15.0 Å². The first-order valence-corrected chi connectivity index (χ1v) is 14.3. The third-order valence-corrected chi connectivity index (χ3v) is 7.75. The van der Waals surface area contributed by atoms with E-state index in [0.29, 0.717) is 17.5 Å². The number of benzene rings is 6. The molecule has 43 heavy (non-hydrogen) atoms. The summed E-state index contributed by atoms with van der Waals surface area (Å²) in [5, 5.41) is 0. The number of hydrogen-bond donors (Lipinski definition) is 0. The van der Waals surface area contributed by atoms with E-state index in [1.54, 1.807) is 0 Å². The molecule has 0 aliphatic carbocycles. The first kappa shape index (κ1) is 24.9. The van der Waals surface area contributed by atoms with Gasteiger partial charge in [-0.3, -0.25) is 0 Å². The van der Waals surface area contributed by atoms with Crippen LogP contribution >= 0.6 is 0 Å². The van der Waals surface area contributed by atoms with Crippen LogP contribution in [0.25, 0.3) is 67.5 Å². The largest absolute Gasteiger partial charge is 0.455 e. The van der Waals surface area contributed by atoms with Crippen LogP contribution in [0.4, 0.5) is 0 Å². The Balaban J connectivity index is 1.29. The SMILES string of the molecule is c1ccc(-c2nc(-c3ccccc3)nc(-c3cccc(-c4cccc5c4Oc4ccccc4-c4ccccc4-5)c3)n2)cc1. The second-order valence-electron chi connectivity index (χ2n) is 10.4. The second kappa shape index (κ2) is 10.5. The van der Waals surface area contributed by atoms with Crippen molar-refractivity contribution in [2.24, 2.45) is 0 Å². The van der Waals surface area contributed by atoms with Gasteiger partial charge in [0.15, 0.2) is 17.5 Å². The van der Waals surface area contributed by atoms with Crippen molar-refractivity contribution in [1.29, 1.82) is 0 Å². The summed E-state index contributed by atoms with van der Waals surface area (Å²) < 4.78 is 6.73. The first-order chi connectivity index (χ1) is 21.3. The van der Waals surface area contributed by atoms with Gasteiger partial charge < -0.3 is 4.74 Å². The Bertz CT molecular complexity index is 2050. The summed E-state index contributed by atoms with van der Waals surface area (Å²) in [5.74, 6) is 3.57. The summed E-state index contributed by atoms with van der Waals surface area (Å²) in [6.45, 7) is 0. The van der Waals surface area contributed by atoms with E-state index in [1.165, 1.54) is 0 Å². The lowest BCUT2D eigenvalue weighted by Gasteiger charge is -2.15. The van der Waals surface area contributed by atoms with Crippen molar-refractivity contribution >= 4 is 0 Å². The van der Waals surface area contributed by atoms with Crippen LogP contribution in [0.5, 0.6) is 11.5 Å². The lowest BCUT2D eigenvalue weighted by Crippen LogP contribution is -2.00.